The first kappa shape index (κ1) is 15.4. The van der Waals surface area contributed by atoms with Gasteiger partial charge in [-0.05, 0) is 48.7 Å². The van der Waals surface area contributed by atoms with Crippen LogP contribution in [0, 0.1) is 19.7 Å². The molecular formula is C20H15FN2O2. The normalized spacial score (nSPS) is 13.6. The molecule has 0 N–H and O–H groups in total. The van der Waals surface area contributed by atoms with Crippen molar-refractivity contribution < 1.29 is 14.0 Å². The highest BCUT2D eigenvalue weighted by atomic mass is 19.1. The van der Waals surface area contributed by atoms with Crippen LogP contribution in [-0.2, 0) is 6.54 Å². The van der Waals surface area contributed by atoms with E-state index in [1.165, 1.54) is 17.0 Å². The molecule has 25 heavy (non-hydrogen) atoms. The summed E-state index contributed by atoms with van der Waals surface area (Å²) in [6, 6.07) is 9.53. The van der Waals surface area contributed by atoms with Crippen LogP contribution < -0.4 is 0 Å². The zero-order chi connectivity index (χ0) is 17.7. The van der Waals surface area contributed by atoms with Crippen molar-refractivity contribution in [3.05, 3.63) is 76.2 Å². The highest BCUT2D eigenvalue weighted by Gasteiger charge is 2.39. The standard InChI is InChI=1S/C20H15FN2O2/c1-11-15-4-3-9-22-18(15)12(2)17-16(11)19(24)23(20(17)25)10-13-5-7-14(21)8-6-13/h3-9H,10H2,1-2H3. The molecule has 0 saturated carbocycles. The zero-order valence-electron chi connectivity index (χ0n) is 13.8. The van der Waals surface area contributed by atoms with E-state index in [-0.39, 0.29) is 24.2 Å². The molecule has 0 aliphatic carbocycles. The number of imide groups is 1. The summed E-state index contributed by atoms with van der Waals surface area (Å²) < 4.78 is 13.1. The first-order valence-corrected chi connectivity index (χ1v) is 7.97. The maximum Gasteiger partial charge on any atom is 0.262 e. The van der Waals surface area contributed by atoms with Gasteiger partial charge in [-0.1, -0.05) is 18.2 Å². The summed E-state index contributed by atoms with van der Waals surface area (Å²) >= 11 is 0. The maximum atomic E-state index is 13.1. The van der Waals surface area contributed by atoms with Gasteiger partial charge in [0.25, 0.3) is 11.8 Å². The van der Waals surface area contributed by atoms with Crippen LogP contribution in [-0.4, -0.2) is 21.7 Å². The number of aromatic nitrogens is 1. The number of hydrogen-bond donors (Lipinski definition) is 0. The molecule has 0 saturated heterocycles. The molecule has 3 aromatic rings. The van der Waals surface area contributed by atoms with Crippen molar-refractivity contribution in [3.63, 3.8) is 0 Å². The molecule has 4 rings (SSSR count). The highest BCUT2D eigenvalue weighted by Crippen LogP contribution is 2.35. The lowest BCUT2D eigenvalue weighted by Crippen LogP contribution is -2.29. The molecule has 0 spiro atoms. The fourth-order valence-corrected chi connectivity index (χ4v) is 3.45. The fraction of sp³-hybridized carbons (Fsp3) is 0.150. The lowest BCUT2D eigenvalue weighted by molar-refractivity contribution is 0.0642. The van der Waals surface area contributed by atoms with Crippen LogP contribution in [0.3, 0.4) is 0 Å². The minimum atomic E-state index is -0.352. The Hall–Kier alpha value is -3.08. The Morgan fingerprint density at radius 1 is 0.960 bits per heavy atom. The topological polar surface area (TPSA) is 50.3 Å². The number of carbonyl (C=O) groups excluding carboxylic acids is 2. The summed E-state index contributed by atoms with van der Waals surface area (Å²) in [5.41, 5.74) is 3.80. The van der Waals surface area contributed by atoms with E-state index in [1.54, 1.807) is 18.3 Å². The van der Waals surface area contributed by atoms with E-state index in [4.69, 9.17) is 0 Å². The molecule has 4 nitrogen and oxygen atoms in total. The van der Waals surface area contributed by atoms with E-state index in [2.05, 4.69) is 4.98 Å². The third-order valence-corrected chi connectivity index (χ3v) is 4.74. The lowest BCUT2D eigenvalue weighted by atomic mass is 9.94. The van der Waals surface area contributed by atoms with Gasteiger partial charge in [0, 0.05) is 11.6 Å². The third kappa shape index (κ3) is 2.23. The first-order chi connectivity index (χ1) is 12.0. The fourth-order valence-electron chi connectivity index (χ4n) is 3.45. The van der Waals surface area contributed by atoms with Crippen LogP contribution in [0.5, 0.6) is 0 Å². The SMILES string of the molecule is Cc1c2c(c(C)c3ncccc13)C(=O)N(Cc1ccc(F)cc1)C2=O. The summed E-state index contributed by atoms with van der Waals surface area (Å²) in [5, 5.41) is 0.878. The first-order valence-electron chi connectivity index (χ1n) is 7.97. The van der Waals surface area contributed by atoms with Gasteiger partial charge in [-0.3, -0.25) is 19.5 Å². The average Bonchev–Trinajstić information content (AvgIpc) is 2.86. The second kappa shape index (κ2) is 5.48. The van der Waals surface area contributed by atoms with Crippen molar-refractivity contribution in [1.29, 1.82) is 0 Å². The van der Waals surface area contributed by atoms with E-state index in [0.717, 1.165) is 22.0 Å². The molecule has 0 atom stereocenters. The van der Waals surface area contributed by atoms with E-state index in [9.17, 15) is 14.0 Å². The number of halogens is 1. The van der Waals surface area contributed by atoms with Gasteiger partial charge in [0.1, 0.15) is 5.82 Å². The predicted octanol–water partition coefficient (Wildman–Crippen LogP) is 3.79. The van der Waals surface area contributed by atoms with E-state index in [0.29, 0.717) is 16.7 Å². The van der Waals surface area contributed by atoms with Crippen molar-refractivity contribution in [2.24, 2.45) is 0 Å². The summed E-state index contributed by atoms with van der Waals surface area (Å²) in [6.07, 6.45) is 1.68. The van der Waals surface area contributed by atoms with Gasteiger partial charge in [-0.25, -0.2) is 4.39 Å². The van der Waals surface area contributed by atoms with Gasteiger partial charge in [0.05, 0.1) is 23.2 Å². The zero-order valence-corrected chi connectivity index (χ0v) is 13.8. The quantitative estimate of drug-likeness (QED) is 0.670. The second-order valence-corrected chi connectivity index (χ2v) is 6.22. The summed E-state index contributed by atoms with van der Waals surface area (Å²) in [5.74, 6) is -0.983. The molecule has 0 bridgehead atoms. The van der Waals surface area contributed by atoms with Gasteiger partial charge in [0.15, 0.2) is 0 Å². The van der Waals surface area contributed by atoms with Crippen LogP contribution in [0.15, 0.2) is 42.6 Å². The van der Waals surface area contributed by atoms with Crippen molar-refractivity contribution in [2.75, 3.05) is 0 Å². The number of carbonyl (C=O) groups is 2. The maximum absolute atomic E-state index is 13.1. The minimum absolute atomic E-state index is 0.120. The van der Waals surface area contributed by atoms with E-state index < -0.39 is 0 Å². The number of fused-ring (bicyclic) bond motifs is 2. The second-order valence-electron chi connectivity index (χ2n) is 6.22. The largest absolute Gasteiger partial charge is 0.270 e. The molecule has 2 aromatic carbocycles. The monoisotopic (exact) mass is 334 g/mol. The van der Waals surface area contributed by atoms with Crippen molar-refractivity contribution in [3.8, 4) is 0 Å². The van der Waals surface area contributed by atoms with Crippen LogP contribution in [0.1, 0.15) is 37.4 Å². The molecule has 124 valence electrons. The Bertz CT molecular complexity index is 981. The minimum Gasteiger partial charge on any atom is -0.270 e. The Kier molecular flexibility index (Phi) is 3.39. The van der Waals surface area contributed by atoms with Crippen molar-refractivity contribution in [1.82, 2.24) is 9.88 Å². The van der Waals surface area contributed by atoms with Crippen molar-refractivity contribution in [2.45, 2.75) is 20.4 Å². The molecule has 0 unspecified atom stereocenters. The lowest BCUT2D eigenvalue weighted by Gasteiger charge is -2.13. The number of aryl methyl sites for hydroxylation is 2. The number of pyridine rings is 1. The summed E-state index contributed by atoms with van der Waals surface area (Å²) in [7, 11) is 0. The molecule has 2 amide bonds. The van der Waals surface area contributed by atoms with Crippen LogP contribution in [0.4, 0.5) is 4.39 Å². The number of nitrogens with zero attached hydrogens (tertiary/aromatic N) is 2. The number of hydrogen-bond acceptors (Lipinski definition) is 3. The number of rotatable bonds is 2. The Morgan fingerprint density at radius 3 is 2.28 bits per heavy atom. The van der Waals surface area contributed by atoms with E-state index in [1.807, 2.05) is 26.0 Å². The molecule has 0 radical (unpaired) electrons. The molecule has 0 fully saturated rings. The van der Waals surface area contributed by atoms with E-state index >= 15 is 0 Å². The molecule has 1 aromatic heterocycles. The van der Waals surface area contributed by atoms with Gasteiger partial charge in [-0.2, -0.15) is 0 Å². The van der Waals surface area contributed by atoms with Crippen LogP contribution in [0.2, 0.25) is 0 Å². The number of benzene rings is 2. The summed E-state index contributed by atoms with van der Waals surface area (Å²) in [4.78, 5) is 31.4. The Balaban J connectivity index is 1.84. The van der Waals surface area contributed by atoms with Crippen LogP contribution in [0.25, 0.3) is 10.9 Å². The molecule has 2 heterocycles. The predicted molar refractivity (Wildman–Crippen MR) is 91.8 cm³/mol. The van der Waals surface area contributed by atoms with Gasteiger partial charge in [-0.15, -0.1) is 0 Å². The van der Waals surface area contributed by atoms with Crippen LogP contribution >= 0.6 is 0 Å². The smallest absolute Gasteiger partial charge is 0.262 e. The summed E-state index contributed by atoms with van der Waals surface area (Å²) in [6.45, 7) is 3.78. The molecule has 1 aliphatic heterocycles. The molecular weight excluding hydrogens is 319 g/mol. The molecule has 5 heteroatoms. The van der Waals surface area contributed by atoms with Gasteiger partial charge in [0.2, 0.25) is 0 Å². The van der Waals surface area contributed by atoms with Gasteiger partial charge >= 0.3 is 0 Å². The average molecular weight is 334 g/mol. The Labute approximate surface area is 143 Å². The third-order valence-electron chi connectivity index (χ3n) is 4.74. The van der Waals surface area contributed by atoms with Crippen molar-refractivity contribution >= 4 is 22.7 Å². The number of amides is 2. The highest BCUT2D eigenvalue weighted by molar-refractivity contribution is 6.24. The Morgan fingerprint density at radius 2 is 1.60 bits per heavy atom. The molecule has 1 aliphatic rings. The van der Waals surface area contributed by atoms with Gasteiger partial charge < -0.3 is 0 Å².